The summed E-state index contributed by atoms with van der Waals surface area (Å²) in [6.45, 7) is 6.58. The number of halogens is 2. The summed E-state index contributed by atoms with van der Waals surface area (Å²) in [6.07, 6.45) is 1.12. The van der Waals surface area contributed by atoms with E-state index in [1.807, 2.05) is 61.5 Å². The second-order valence-electron chi connectivity index (χ2n) is 9.23. The first-order chi connectivity index (χ1) is 17.8. The van der Waals surface area contributed by atoms with Crippen molar-refractivity contribution in [3.8, 4) is 5.75 Å². The number of rotatable bonds is 12. The van der Waals surface area contributed by atoms with Crippen LogP contribution in [0.3, 0.4) is 0 Å². The van der Waals surface area contributed by atoms with Crippen molar-refractivity contribution in [2.24, 2.45) is 0 Å². The Bertz CT molecular complexity index is 1150. The third-order valence-corrected chi connectivity index (χ3v) is 6.83. The molecule has 1 N–H and O–H groups in total. The number of nitrogens with zero attached hydrogens (tertiary/aromatic N) is 1. The third-order valence-electron chi connectivity index (χ3n) is 6.12. The average Bonchev–Trinajstić information content (AvgIpc) is 2.90. The number of benzene rings is 3. The second kappa shape index (κ2) is 14.1. The first-order valence-corrected chi connectivity index (χ1v) is 13.3. The standard InChI is InChI=1S/C30H34Cl2N2O3/c1-4-17-33-30(36)28(18-22-9-6-5-7-10-22)34(19-25-26(31)11-8-12-27(25)32)29(35)20-37-24-15-13-23(14-16-24)21(2)3/h5-16,21,28H,4,17-20H2,1-3H3,(H,33,36). The van der Waals surface area contributed by atoms with E-state index < -0.39 is 6.04 Å². The molecule has 3 aromatic carbocycles. The Morgan fingerprint density at radius 1 is 0.919 bits per heavy atom. The van der Waals surface area contributed by atoms with Crippen LogP contribution < -0.4 is 10.1 Å². The van der Waals surface area contributed by atoms with Crippen molar-refractivity contribution in [1.82, 2.24) is 10.2 Å². The number of nitrogens with one attached hydrogen (secondary N) is 1. The maximum Gasteiger partial charge on any atom is 0.261 e. The fourth-order valence-electron chi connectivity index (χ4n) is 3.95. The van der Waals surface area contributed by atoms with Crippen molar-refractivity contribution in [3.63, 3.8) is 0 Å². The van der Waals surface area contributed by atoms with Crippen molar-refractivity contribution in [2.75, 3.05) is 13.2 Å². The Morgan fingerprint density at radius 3 is 2.16 bits per heavy atom. The minimum absolute atomic E-state index is 0.0734. The Labute approximate surface area is 229 Å². The summed E-state index contributed by atoms with van der Waals surface area (Å²) in [5.41, 5.74) is 2.71. The molecule has 0 fully saturated rings. The number of hydrogen-bond acceptors (Lipinski definition) is 3. The van der Waals surface area contributed by atoms with Crippen LogP contribution in [0.2, 0.25) is 10.0 Å². The largest absolute Gasteiger partial charge is 0.484 e. The zero-order valence-corrected chi connectivity index (χ0v) is 23.1. The van der Waals surface area contributed by atoms with E-state index in [2.05, 4.69) is 19.2 Å². The summed E-state index contributed by atoms with van der Waals surface area (Å²) < 4.78 is 5.85. The molecule has 0 aliphatic carbocycles. The van der Waals surface area contributed by atoms with Crippen LogP contribution in [0.1, 0.15) is 49.8 Å². The highest BCUT2D eigenvalue weighted by atomic mass is 35.5. The van der Waals surface area contributed by atoms with Crippen molar-refractivity contribution in [2.45, 2.75) is 52.1 Å². The molecule has 0 saturated heterocycles. The molecule has 1 unspecified atom stereocenters. The molecule has 0 radical (unpaired) electrons. The minimum atomic E-state index is -0.777. The van der Waals surface area contributed by atoms with E-state index in [-0.39, 0.29) is 25.0 Å². The van der Waals surface area contributed by atoms with Gasteiger partial charge in [0.1, 0.15) is 11.8 Å². The molecular weight excluding hydrogens is 507 g/mol. The summed E-state index contributed by atoms with van der Waals surface area (Å²) in [5.74, 6) is 0.412. The van der Waals surface area contributed by atoms with Gasteiger partial charge in [-0.15, -0.1) is 0 Å². The first kappa shape index (κ1) is 28.5. The van der Waals surface area contributed by atoms with E-state index in [9.17, 15) is 9.59 Å². The Kier molecular flexibility index (Phi) is 10.8. The Balaban J connectivity index is 1.91. The molecule has 196 valence electrons. The Hall–Kier alpha value is -3.02. The van der Waals surface area contributed by atoms with Crippen LogP contribution in [-0.2, 0) is 22.6 Å². The van der Waals surface area contributed by atoms with E-state index >= 15 is 0 Å². The van der Waals surface area contributed by atoms with Gasteiger partial charge in [0.25, 0.3) is 5.91 Å². The van der Waals surface area contributed by atoms with Crippen LogP contribution in [0.4, 0.5) is 0 Å². The van der Waals surface area contributed by atoms with Crippen LogP contribution in [0.5, 0.6) is 5.75 Å². The summed E-state index contributed by atoms with van der Waals surface area (Å²) >= 11 is 12.9. The fraction of sp³-hybridized carbons (Fsp3) is 0.333. The van der Waals surface area contributed by atoms with Gasteiger partial charge in [-0.25, -0.2) is 0 Å². The predicted molar refractivity (Wildman–Crippen MR) is 150 cm³/mol. The van der Waals surface area contributed by atoms with Crippen molar-refractivity contribution in [3.05, 3.63) is 99.5 Å². The van der Waals surface area contributed by atoms with E-state index in [1.165, 1.54) is 10.5 Å². The molecule has 3 aromatic rings. The van der Waals surface area contributed by atoms with Gasteiger partial charge in [0.15, 0.2) is 6.61 Å². The number of hydrogen-bond donors (Lipinski definition) is 1. The van der Waals surface area contributed by atoms with Gasteiger partial charge in [0.05, 0.1) is 0 Å². The molecular formula is C30H34Cl2N2O3. The van der Waals surface area contributed by atoms with Gasteiger partial charge in [0, 0.05) is 35.1 Å². The maximum absolute atomic E-state index is 13.7. The van der Waals surface area contributed by atoms with Crippen LogP contribution in [-0.4, -0.2) is 35.9 Å². The first-order valence-electron chi connectivity index (χ1n) is 12.6. The zero-order valence-electron chi connectivity index (χ0n) is 21.5. The van der Waals surface area contributed by atoms with Crippen LogP contribution in [0.15, 0.2) is 72.8 Å². The monoisotopic (exact) mass is 540 g/mol. The molecule has 0 spiro atoms. The van der Waals surface area contributed by atoms with Crippen molar-refractivity contribution < 1.29 is 14.3 Å². The summed E-state index contributed by atoms with van der Waals surface area (Å²) in [5, 5.41) is 3.82. The zero-order chi connectivity index (χ0) is 26.8. The van der Waals surface area contributed by atoms with Gasteiger partial charge >= 0.3 is 0 Å². The van der Waals surface area contributed by atoms with Gasteiger partial charge in [-0.3, -0.25) is 9.59 Å². The number of carbonyl (C=O) groups excluding carboxylic acids is 2. The molecule has 3 rings (SSSR count). The lowest BCUT2D eigenvalue weighted by Gasteiger charge is -2.32. The summed E-state index contributed by atoms with van der Waals surface area (Å²) in [6, 6.07) is 21.7. The molecule has 5 nitrogen and oxygen atoms in total. The molecule has 0 saturated carbocycles. The van der Waals surface area contributed by atoms with Gasteiger partial charge in [-0.2, -0.15) is 0 Å². The highest BCUT2D eigenvalue weighted by molar-refractivity contribution is 6.36. The van der Waals surface area contributed by atoms with Crippen LogP contribution >= 0.6 is 23.2 Å². The highest BCUT2D eigenvalue weighted by Crippen LogP contribution is 2.27. The smallest absolute Gasteiger partial charge is 0.261 e. The van der Waals surface area contributed by atoms with Gasteiger partial charge in [0.2, 0.25) is 5.91 Å². The average molecular weight is 542 g/mol. The van der Waals surface area contributed by atoms with Crippen molar-refractivity contribution >= 4 is 35.0 Å². The summed E-state index contributed by atoms with van der Waals surface area (Å²) in [7, 11) is 0. The Morgan fingerprint density at radius 2 is 1.57 bits per heavy atom. The maximum atomic E-state index is 13.7. The van der Waals surface area contributed by atoms with E-state index in [4.69, 9.17) is 27.9 Å². The van der Waals surface area contributed by atoms with Crippen LogP contribution in [0.25, 0.3) is 0 Å². The van der Waals surface area contributed by atoms with Gasteiger partial charge < -0.3 is 15.0 Å². The normalized spacial score (nSPS) is 11.7. The summed E-state index contributed by atoms with van der Waals surface area (Å²) in [4.78, 5) is 28.6. The lowest BCUT2D eigenvalue weighted by molar-refractivity contribution is -0.142. The molecule has 2 amide bonds. The lowest BCUT2D eigenvalue weighted by Crippen LogP contribution is -2.51. The quantitative estimate of drug-likeness (QED) is 0.279. The van der Waals surface area contributed by atoms with Crippen LogP contribution in [0, 0.1) is 0 Å². The number of amides is 2. The third kappa shape index (κ3) is 8.24. The minimum Gasteiger partial charge on any atom is -0.484 e. The molecule has 37 heavy (non-hydrogen) atoms. The van der Waals surface area contributed by atoms with Gasteiger partial charge in [-0.05, 0) is 47.7 Å². The van der Waals surface area contributed by atoms with E-state index in [0.29, 0.717) is 40.2 Å². The molecule has 0 heterocycles. The number of carbonyl (C=O) groups is 2. The van der Waals surface area contributed by atoms with Crippen molar-refractivity contribution in [1.29, 1.82) is 0 Å². The topological polar surface area (TPSA) is 58.6 Å². The lowest BCUT2D eigenvalue weighted by atomic mass is 10.0. The predicted octanol–water partition coefficient (Wildman–Crippen LogP) is 6.66. The van der Waals surface area contributed by atoms with E-state index in [1.54, 1.807) is 18.2 Å². The molecule has 1 atom stereocenters. The van der Waals surface area contributed by atoms with E-state index in [0.717, 1.165) is 12.0 Å². The molecule has 7 heteroatoms. The SMILES string of the molecule is CCCNC(=O)C(Cc1ccccc1)N(Cc1c(Cl)cccc1Cl)C(=O)COc1ccc(C(C)C)cc1. The van der Waals surface area contributed by atoms with Gasteiger partial charge in [-0.1, -0.05) is 92.5 Å². The molecule has 0 aliphatic heterocycles. The fourth-order valence-corrected chi connectivity index (χ4v) is 4.47. The molecule has 0 aromatic heterocycles. The second-order valence-corrected chi connectivity index (χ2v) is 10.0. The molecule has 0 bridgehead atoms. The number of ether oxygens (including phenoxy) is 1. The molecule has 0 aliphatic rings. The highest BCUT2D eigenvalue weighted by Gasteiger charge is 2.31.